The first-order valence-corrected chi connectivity index (χ1v) is 8.19. The van der Waals surface area contributed by atoms with Crippen molar-refractivity contribution in [2.45, 2.75) is 18.4 Å². The highest BCUT2D eigenvalue weighted by molar-refractivity contribution is 7.92. The van der Waals surface area contributed by atoms with Gasteiger partial charge in [0.1, 0.15) is 4.90 Å². The van der Waals surface area contributed by atoms with E-state index >= 15 is 0 Å². The SMILES string of the molecule is Cc1nn(C)cc1NS(=O)(=O)c1cc(CN)c(Cl)cc1Cl. The van der Waals surface area contributed by atoms with Crippen LogP contribution in [0.15, 0.2) is 23.2 Å². The van der Waals surface area contributed by atoms with E-state index in [2.05, 4.69) is 9.82 Å². The number of halogens is 2. The molecule has 1 aromatic heterocycles. The van der Waals surface area contributed by atoms with Crippen molar-refractivity contribution in [1.29, 1.82) is 0 Å². The molecule has 0 spiro atoms. The standard InChI is InChI=1S/C12H14Cl2N4O2S/c1-7-11(6-18(2)16-7)17-21(19,20)12-3-8(5-15)9(13)4-10(12)14/h3-4,6,17H,5,15H2,1-2H3. The van der Waals surface area contributed by atoms with Crippen LogP contribution in [0.3, 0.4) is 0 Å². The van der Waals surface area contributed by atoms with Crippen molar-refractivity contribution in [1.82, 2.24) is 9.78 Å². The van der Waals surface area contributed by atoms with Crippen molar-refractivity contribution in [2.24, 2.45) is 12.8 Å². The Hall–Kier alpha value is -1.28. The number of nitrogens with one attached hydrogen (secondary N) is 1. The molecule has 0 saturated heterocycles. The fraction of sp³-hybridized carbons (Fsp3) is 0.250. The Morgan fingerprint density at radius 3 is 2.52 bits per heavy atom. The second kappa shape index (κ2) is 5.84. The molecule has 6 nitrogen and oxygen atoms in total. The van der Waals surface area contributed by atoms with Crippen molar-refractivity contribution in [3.63, 3.8) is 0 Å². The van der Waals surface area contributed by atoms with Gasteiger partial charge in [0.15, 0.2) is 0 Å². The fourth-order valence-corrected chi connectivity index (χ4v) is 3.81. The normalized spacial score (nSPS) is 11.7. The third-order valence-electron chi connectivity index (χ3n) is 2.87. The fourth-order valence-electron chi connectivity index (χ4n) is 1.83. The highest BCUT2D eigenvalue weighted by Gasteiger charge is 2.21. The Morgan fingerprint density at radius 1 is 1.33 bits per heavy atom. The molecule has 1 heterocycles. The van der Waals surface area contributed by atoms with Crippen molar-refractivity contribution in [3.8, 4) is 0 Å². The van der Waals surface area contributed by atoms with Crippen LogP contribution < -0.4 is 10.5 Å². The lowest BCUT2D eigenvalue weighted by Crippen LogP contribution is -2.14. The predicted octanol–water partition coefficient (Wildman–Crippen LogP) is 2.29. The molecule has 0 radical (unpaired) electrons. The highest BCUT2D eigenvalue weighted by Crippen LogP contribution is 2.30. The van der Waals surface area contributed by atoms with Gasteiger partial charge in [-0.2, -0.15) is 5.10 Å². The number of nitrogens with two attached hydrogens (primary N) is 1. The Kier molecular flexibility index (Phi) is 4.48. The van der Waals surface area contributed by atoms with Gasteiger partial charge in [-0.1, -0.05) is 23.2 Å². The zero-order valence-electron chi connectivity index (χ0n) is 11.4. The van der Waals surface area contributed by atoms with Gasteiger partial charge in [-0.05, 0) is 24.6 Å². The maximum Gasteiger partial charge on any atom is 0.263 e. The molecule has 0 amide bonds. The van der Waals surface area contributed by atoms with Gasteiger partial charge in [-0.3, -0.25) is 9.40 Å². The molecule has 2 rings (SSSR count). The lowest BCUT2D eigenvalue weighted by Gasteiger charge is -2.11. The van der Waals surface area contributed by atoms with E-state index in [-0.39, 0.29) is 16.5 Å². The Balaban J connectivity index is 2.47. The minimum absolute atomic E-state index is 0.0336. The van der Waals surface area contributed by atoms with Gasteiger partial charge in [0.25, 0.3) is 10.0 Å². The minimum Gasteiger partial charge on any atom is -0.326 e. The third-order valence-corrected chi connectivity index (χ3v) is 5.05. The molecular formula is C12H14Cl2N4O2S. The lowest BCUT2D eigenvalue weighted by molar-refractivity contribution is 0.601. The van der Waals surface area contributed by atoms with Crippen molar-refractivity contribution < 1.29 is 8.42 Å². The van der Waals surface area contributed by atoms with Crippen molar-refractivity contribution in [3.05, 3.63) is 39.6 Å². The number of aryl methyl sites for hydroxylation is 2. The average molecular weight is 349 g/mol. The third kappa shape index (κ3) is 3.32. The summed E-state index contributed by atoms with van der Waals surface area (Å²) < 4.78 is 28.9. The second-order valence-electron chi connectivity index (χ2n) is 4.49. The minimum atomic E-state index is -3.85. The molecule has 0 atom stereocenters. The molecule has 0 saturated carbocycles. The molecule has 0 bridgehead atoms. The molecule has 1 aromatic carbocycles. The molecule has 0 fully saturated rings. The second-order valence-corrected chi connectivity index (χ2v) is 6.95. The summed E-state index contributed by atoms with van der Waals surface area (Å²) in [6, 6.07) is 2.74. The van der Waals surface area contributed by atoms with E-state index in [0.29, 0.717) is 22.0 Å². The average Bonchev–Trinajstić information content (AvgIpc) is 2.66. The zero-order valence-corrected chi connectivity index (χ0v) is 13.7. The number of aromatic nitrogens is 2. The van der Waals surface area contributed by atoms with E-state index in [9.17, 15) is 8.42 Å². The van der Waals surface area contributed by atoms with E-state index in [1.54, 1.807) is 20.2 Å². The van der Waals surface area contributed by atoms with Crippen LogP contribution in [0, 0.1) is 6.92 Å². The van der Waals surface area contributed by atoms with Crippen LogP contribution in [0.2, 0.25) is 10.0 Å². The summed E-state index contributed by atoms with van der Waals surface area (Å²) in [7, 11) is -2.15. The van der Waals surface area contributed by atoms with Gasteiger partial charge >= 0.3 is 0 Å². The number of hydrogen-bond donors (Lipinski definition) is 2. The van der Waals surface area contributed by atoms with Gasteiger partial charge in [0, 0.05) is 24.8 Å². The van der Waals surface area contributed by atoms with Crippen LogP contribution in [0.1, 0.15) is 11.3 Å². The van der Waals surface area contributed by atoms with Crippen LogP contribution in [0.5, 0.6) is 0 Å². The molecule has 3 N–H and O–H groups in total. The molecule has 114 valence electrons. The smallest absolute Gasteiger partial charge is 0.263 e. The summed E-state index contributed by atoms with van der Waals surface area (Å²) in [5, 5.41) is 4.44. The van der Waals surface area contributed by atoms with E-state index in [4.69, 9.17) is 28.9 Å². The largest absolute Gasteiger partial charge is 0.326 e. The van der Waals surface area contributed by atoms with E-state index in [1.165, 1.54) is 16.8 Å². The van der Waals surface area contributed by atoms with Crippen LogP contribution in [0.4, 0.5) is 5.69 Å². The quantitative estimate of drug-likeness (QED) is 0.886. The maximum absolute atomic E-state index is 12.4. The Morgan fingerprint density at radius 2 is 2.00 bits per heavy atom. The van der Waals surface area contributed by atoms with E-state index < -0.39 is 10.0 Å². The Bertz CT molecular complexity index is 787. The zero-order chi connectivity index (χ0) is 15.8. The Labute approximate surface area is 132 Å². The topological polar surface area (TPSA) is 90.0 Å². The van der Waals surface area contributed by atoms with E-state index in [1.807, 2.05) is 0 Å². The van der Waals surface area contributed by atoms with Gasteiger partial charge in [0.05, 0.1) is 16.4 Å². The number of rotatable bonds is 4. The summed E-state index contributed by atoms with van der Waals surface area (Å²) in [5.74, 6) is 0. The molecule has 0 aliphatic carbocycles. The summed E-state index contributed by atoms with van der Waals surface area (Å²) in [5.41, 5.74) is 6.99. The monoisotopic (exact) mass is 348 g/mol. The molecule has 0 aliphatic rings. The van der Waals surface area contributed by atoms with Crippen LogP contribution in [0.25, 0.3) is 0 Å². The number of anilines is 1. The highest BCUT2D eigenvalue weighted by atomic mass is 35.5. The number of nitrogens with zero attached hydrogens (tertiary/aromatic N) is 2. The predicted molar refractivity (Wildman–Crippen MR) is 83.1 cm³/mol. The van der Waals surface area contributed by atoms with E-state index in [0.717, 1.165) is 0 Å². The summed E-state index contributed by atoms with van der Waals surface area (Å²) in [4.78, 5) is -0.0720. The van der Waals surface area contributed by atoms with Crippen molar-refractivity contribution in [2.75, 3.05) is 4.72 Å². The van der Waals surface area contributed by atoms with Gasteiger partial charge in [-0.25, -0.2) is 8.42 Å². The molecule has 21 heavy (non-hydrogen) atoms. The van der Waals surface area contributed by atoms with Gasteiger partial charge in [-0.15, -0.1) is 0 Å². The summed E-state index contributed by atoms with van der Waals surface area (Å²) >= 11 is 11.9. The first-order chi connectivity index (χ1) is 9.74. The first kappa shape index (κ1) is 16.1. The van der Waals surface area contributed by atoms with Crippen LogP contribution in [-0.2, 0) is 23.6 Å². The summed E-state index contributed by atoms with van der Waals surface area (Å²) in [6.45, 7) is 1.82. The maximum atomic E-state index is 12.4. The number of hydrogen-bond acceptors (Lipinski definition) is 4. The number of sulfonamides is 1. The van der Waals surface area contributed by atoms with Gasteiger partial charge in [0.2, 0.25) is 0 Å². The molecule has 9 heteroatoms. The molecule has 0 aliphatic heterocycles. The lowest BCUT2D eigenvalue weighted by atomic mass is 10.2. The van der Waals surface area contributed by atoms with Crippen molar-refractivity contribution >= 4 is 38.9 Å². The summed E-state index contributed by atoms with van der Waals surface area (Å²) in [6.07, 6.45) is 1.57. The molecule has 0 unspecified atom stereocenters. The van der Waals surface area contributed by atoms with Crippen LogP contribution in [-0.4, -0.2) is 18.2 Å². The molecular weight excluding hydrogens is 335 g/mol. The van der Waals surface area contributed by atoms with Gasteiger partial charge < -0.3 is 5.73 Å². The number of benzene rings is 1. The molecule has 2 aromatic rings. The van der Waals surface area contributed by atoms with Crippen LogP contribution >= 0.6 is 23.2 Å². The first-order valence-electron chi connectivity index (χ1n) is 5.95.